The lowest BCUT2D eigenvalue weighted by Gasteiger charge is -2.52. The van der Waals surface area contributed by atoms with Gasteiger partial charge in [-0.2, -0.15) is 0 Å². The van der Waals surface area contributed by atoms with Gasteiger partial charge in [-0.1, -0.05) is 43.7 Å². The van der Waals surface area contributed by atoms with Gasteiger partial charge in [0.15, 0.2) is 4.34 Å². The Balaban J connectivity index is 1.89. The van der Waals surface area contributed by atoms with E-state index in [1.165, 1.54) is 21.6 Å². The molecule has 1 amide bonds. The van der Waals surface area contributed by atoms with Gasteiger partial charge in [-0.05, 0) is 81.6 Å². The summed E-state index contributed by atoms with van der Waals surface area (Å²) in [5, 5.41) is -0.355. The molecule has 1 aromatic carbocycles. The van der Waals surface area contributed by atoms with Crippen molar-refractivity contribution in [1.29, 1.82) is 0 Å². The van der Waals surface area contributed by atoms with Crippen LogP contribution in [-0.2, 0) is 28.3 Å². The number of likely N-dealkylation sites (tertiary alicyclic amines) is 1. The molecule has 0 spiro atoms. The molecule has 2 heterocycles. The van der Waals surface area contributed by atoms with Crippen LogP contribution in [0.5, 0.6) is 0 Å². The maximum atomic E-state index is 13.9. The third-order valence-electron chi connectivity index (χ3n) is 6.57. The number of β-lactam (4-membered cyclic amide) rings is 1. The molecule has 0 bridgehead atoms. The minimum Gasteiger partial charge on any atom is -0.427 e. The van der Waals surface area contributed by atoms with Gasteiger partial charge in [-0.25, -0.2) is 9.78 Å². The molecule has 0 saturated carbocycles. The number of fused-ring (bicyclic) bond motifs is 1. The van der Waals surface area contributed by atoms with Crippen molar-refractivity contribution in [3.8, 4) is 0 Å². The smallest absolute Gasteiger partial charge is 0.357 e. The van der Waals surface area contributed by atoms with Gasteiger partial charge in [0.25, 0.3) is 0 Å². The number of allylic oxidation sites excluding steroid dienone is 1. The second-order valence-corrected chi connectivity index (χ2v) is 18.2. The van der Waals surface area contributed by atoms with Crippen LogP contribution in [0.4, 0.5) is 0 Å². The molecule has 1 aliphatic heterocycles. The van der Waals surface area contributed by atoms with Crippen LogP contribution in [-0.4, -0.2) is 55.5 Å². The van der Waals surface area contributed by atoms with Crippen molar-refractivity contribution in [3.63, 3.8) is 0 Å². The highest BCUT2D eigenvalue weighted by atomic mass is 33.1. The van der Waals surface area contributed by atoms with Crippen molar-refractivity contribution >= 4 is 70.0 Å². The number of nitrogens with zero attached hydrogens (tertiary/aromatic N) is 2. The van der Waals surface area contributed by atoms with Gasteiger partial charge in [0.2, 0.25) is 21.7 Å². The Hall–Kier alpha value is -1.86. The Morgan fingerprint density at radius 3 is 2.32 bits per heavy atom. The summed E-state index contributed by atoms with van der Waals surface area (Å²) in [4.78, 5) is 45.7. The number of rotatable bonds is 11. The predicted molar refractivity (Wildman–Crippen MR) is 168 cm³/mol. The van der Waals surface area contributed by atoms with Gasteiger partial charge in [0.1, 0.15) is 11.1 Å². The van der Waals surface area contributed by atoms with Crippen LogP contribution in [0, 0.1) is 22.7 Å². The molecule has 0 aliphatic carbocycles. The fourth-order valence-corrected chi connectivity index (χ4v) is 8.87. The lowest BCUT2D eigenvalue weighted by atomic mass is 9.70. The largest absolute Gasteiger partial charge is 0.427 e. The van der Waals surface area contributed by atoms with Gasteiger partial charge in [-0.3, -0.25) is 14.5 Å². The first-order chi connectivity index (χ1) is 19.0. The summed E-state index contributed by atoms with van der Waals surface area (Å²) in [6.07, 6.45) is 0. The van der Waals surface area contributed by atoms with E-state index in [1.54, 1.807) is 50.9 Å². The van der Waals surface area contributed by atoms with Crippen LogP contribution in [0.3, 0.4) is 0 Å². The lowest BCUT2D eigenvalue weighted by Crippen LogP contribution is -2.64. The molecular formula is C29H41N2O6S3Si. The molecule has 41 heavy (non-hydrogen) atoms. The van der Waals surface area contributed by atoms with Crippen LogP contribution in [0.15, 0.2) is 39.9 Å². The molecule has 8 nitrogen and oxygen atoms in total. The zero-order valence-corrected chi connectivity index (χ0v) is 29.0. The maximum Gasteiger partial charge on any atom is 0.357 e. The van der Waals surface area contributed by atoms with E-state index in [9.17, 15) is 14.4 Å². The third-order valence-corrected chi connectivity index (χ3v) is 11.4. The van der Waals surface area contributed by atoms with Gasteiger partial charge in [-0.15, -0.1) is 11.3 Å². The molecule has 1 aliphatic rings. The monoisotopic (exact) mass is 637 g/mol. The Morgan fingerprint density at radius 2 is 1.76 bits per heavy atom. The number of carbonyl (C=O) groups is 3. The van der Waals surface area contributed by atoms with Crippen molar-refractivity contribution in [2.45, 2.75) is 78.2 Å². The third kappa shape index (κ3) is 8.37. The van der Waals surface area contributed by atoms with Crippen molar-refractivity contribution in [3.05, 3.63) is 35.5 Å². The summed E-state index contributed by atoms with van der Waals surface area (Å²) in [6, 6.07) is 7.97. The molecule has 0 N–H and O–H groups in total. The van der Waals surface area contributed by atoms with Gasteiger partial charge >= 0.3 is 11.9 Å². The second kappa shape index (κ2) is 13.6. The van der Waals surface area contributed by atoms with E-state index in [1.807, 2.05) is 24.3 Å². The topological polar surface area (TPSA) is 95.0 Å². The first kappa shape index (κ1) is 33.6. The second-order valence-electron chi connectivity index (χ2n) is 12.5. The van der Waals surface area contributed by atoms with Crippen molar-refractivity contribution in [2.24, 2.45) is 22.7 Å². The predicted octanol–water partition coefficient (Wildman–Crippen LogP) is 7.14. The van der Waals surface area contributed by atoms with Crippen LogP contribution in [0.2, 0.25) is 13.1 Å². The molecule has 1 fully saturated rings. The zero-order valence-electron chi connectivity index (χ0n) is 25.5. The van der Waals surface area contributed by atoms with Crippen LogP contribution >= 0.6 is 32.9 Å². The molecular weight excluding hydrogens is 597 g/mol. The van der Waals surface area contributed by atoms with Crippen LogP contribution in [0.1, 0.15) is 55.4 Å². The molecule has 1 aromatic heterocycles. The van der Waals surface area contributed by atoms with E-state index in [2.05, 4.69) is 33.9 Å². The van der Waals surface area contributed by atoms with Gasteiger partial charge in [0, 0.05) is 12.5 Å². The summed E-state index contributed by atoms with van der Waals surface area (Å²) in [7, 11) is 2.07. The van der Waals surface area contributed by atoms with E-state index >= 15 is 0 Å². The van der Waals surface area contributed by atoms with Crippen molar-refractivity contribution in [1.82, 2.24) is 9.88 Å². The lowest BCUT2D eigenvalue weighted by molar-refractivity contribution is -0.174. The fraction of sp³-hybridized carbons (Fsp3) is 0.586. The Labute approximate surface area is 257 Å². The molecule has 2 aromatic rings. The van der Waals surface area contributed by atoms with Crippen molar-refractivity contribution < 1.29 is 28.3 Å². The zero-order chi connectivity index (χ0) is 30.7. The van der Waals surface area contributed by atoms with Gasteiger partial charge in [0.05, 0.1) is 21.5 Å². The molecule has 0 unspecified atom stereocenters. The van der Waals surface area contributed by atoms with E-state index in [0.717, 1.165) is 14.6 Å². The number of carbonyl (C=O) groups excluding carboxylic acids is 3. The Kier molecular flexibility index (Phi) is 11.2. The van der Waals surface area contributed by atoms with Crippen LogP contribution < -0.4 is 0 Å². The van der Waals surface area contributed by atoms with Crippen molar-refractivity contribution in [2.75, 3.05) is 13.4 Å². The summed E-state index contributed by atoms with van der Waals surface area (Å²) >= 11 is 1.60. The number of para-hydroxylation sites is 1. The molecule has 3 atom stereocenters. The SMILES string of the molecule is CC(C)=C(C(=O)OCOC(=O)C(C)(C)C)N1C(=O)[C@@H]([C@H](CO[Si](C)C)C(C)(C)C)[C@H]1SSc1nc2ccccc2s1. The highest BCUT2D eigenvalue weighted by Crippen LogP contribution is 2.53. The summed E-state index contributed by atoms with van der Waals surface area (Å²) < 4.78 is 18.6. The average molecular weight is 638 g/mol. The molecule has 3 rings (SSSR count). The highest BCUT2D eigenvalue weighted by Gasteiger charge is 2.57. The number of amides is 1. The average Bonchev–Trinajstić information content (AvgIpc) is 3.27. The molecule has 1 radical (unpaired) electrons. The highest BCUT2D eigenvalue weighted by molar-refractivity contribution is 8.77. The maximum absolute atomic E-state index is 13.9. The summed E-state index contributed by atoms with van der Waals surface area (Å²) in [5.41, 5.74) is 0.795. The number of hydrogen-bond acceptors (Lipinski definition) is 10. The number of thiazole rings is 1. The number of hydrogen-bond donors (Lipinski definition) is 0. The quantitative estimate of drug-likeness (QED) is 0.0636. The fourth-order valence-electron chi connectivity index (χ4n) is 4.29. The van der Waals surface area contributed by atoms with E-state index in [0.29, 0.717) is 12.2 Å². The van der Waals surface area contributed by atoms with Crippen LogP contribution in [0.25, 0.3) is 10.2 Å². The Bertz CT molecular complexity index is 1260. The number of aromatic nitrogens is 1. The summed E-state index contributed by atoms with van der Waals surface area (Å²) in [6.45, 7) is 19.2. The standard InChI is InChI=1S/C29H41N2O6S3Si/c1-17(2)22(25(33)35-16-36-26(34)29(6,7)8)31-23(32)21(18(28(3,4)5)15-37-41(9)10)24(31)39-40-27-30-19-13-11-12-14-20(19)38-27/h11-14,18,21,24H,15-16H2,1-10H3/t18-,21+,24+/m0/s1. The normalized spacial score (nSPS) is 18.3. The molecule has 1 saturated heterocycles. The molecule has 12 heteroatoms. The molecule has 225 valence electrons. The first-order valence-electron chi connectivity index (χ1n) is 13.5. The number of ether oxygens (including phenoxy) is 2. The summed E-state index contributed by atoms with van der Waals surface area (Å²) in [5.74, 6) is -1.77. The first-order valence-corrected chi connectivity index (χ1v) is 18.9. The minimum absolute atomic E-state index is 0.0678. The number of esters is 2. The number of benzene rings is 1. The van der Waals surface area contributed by atoms with Gasteiger partial charge < -0.3 is 13.9 Å². The van der Waals surface area contributed by atoms with E-state index < -0.39 is 33.2 Å². The van der Waals surface area contributed by atoms with E-state index in [-0.39, 0.29) is 34.2 Å². The minimum atomic E-state index is -0.964. The van der Waals surface area contributed by atoms with E-state index in [4.69, 9.17) is 18.9 Å². The Morgan fingerprint density at radius 1 is 1.10 bits per heavy atom.